The van der Waals surface area contributed by atoms with Gasteiger partial charge in [-0.3, -0.25) is 0 Å². The van der Waals surface area contributed by atoms with Crippen molar-refractivity contribution in [3.8, 4) is 0 Å². The number of aromatic nitrogens is 2. The van der Waals surface area contributed by atoms with E-state index in [0.29, 0.717) is 12.7 Å². The number of ether oxygens (including phenoxy) is 1. The van der Waals surface area contributed by atoms with Gasteiger partial charge in [0.15, 0.2) is 0 Å². The third-order valence-corrected chi connectivity index (χ3v) is 3.28. The van der Waals surface area contributed by atoms with Gasteiger partial charge in [0.25, 0.3) is 0 Å². The third kappa shape index (κ3) is 2.50. The molecule has 0 unspecified atom stereocenters. The van der Waals surface area contributed by atoms with Crippen LogP contribution < -0.4 is 5.32 Å². The Morgan fingerprint density at radius 3 is 2.93 bits per heavy atom. The summed E-state index contributed by atoms with van der Waals surface area (Å²) in [5.74, 6) is 0. The number of rotatable bonds is 3. The molecule has 1 aliphatic rings. The minimum absolute atomic E-state index is 0.415. The molecule has 1 aliphatic heterocycles. The lowest BCUT2D eigenvalue weighted by atomic mass is 10.1. The average Bonchev–Trinajstić information content (AvgIpc) is 2.63. The highest BCUT2D eigenvalue weighted by Gasteiger charge is 2.14. The Morgan fingerprint density at radius 1 is 1.50 bits per heavy atom. The van der Waals surface area contributed by atoms with Gasteiger partial charge in [0.05, 0.1) is 23.3 Å². The molecule has 5 heteroatoms. The van der Waals surface area contributed by atoms with E-state index >= 15 is 0 Å². The van der Waals surface area contributed by atoms with Crippen LogP contribution in [0.2, 0.25) is 0 Å². The molecule has 1 aromatic heterocycles. The van der Waals surface area contributed by atoms with Crippen molar-refractivity contribution in [2.75, 3.05) is 13.1 Å². The number of hydrogen-bond acceptors (Lipinski definition) is 5. The SMILES string of the molecule is Cc1nnsc1COC1CCNCC1. The highest BCUT2D eigenvalue weighted by molar-refractivity contribution is 7.05. The van der Waals surface area contributed by atoms with Gasteiger partial charge in [0.1, 0.15) is 0 Å². The second-order valence-corrected chi connectivity index (χ2v) is 4.38. The van der Waals surface area contributed by atoms with E-state index in [0.717, 1.165) is 36.5 Å². The van der Waals surface area contributed by atoms with Crippen molar-refractivity contribution in [1.82, 2.24) is 14.9 Å². The van der Waals surface area contributed by atoms with Gasteiger partial charge in [0, 0.05) is 0 Å². The molecule has 0 aromatic carbocycles. The van der Waals surface area contributed by atoms with Crippen molar-refractivity contribution in [2.45, 2.75) is 32.5 Å². The predicted molar refractivity (Wildman–Crippen MR) is 55.3 cm³/mol. The lowest BCUT2D eigenvalue weighted by Crippen LogP contribution is -2.32. The summed E-state index contributed by atoms with van der Waals surface area (Å²) in [6.07, 6.45) is 2.65. The summed E-state index contributed by atoms with van der Waals surface area (Å²) in [4.78, 5) is 1.16. The monoisotopic (exact) mass is 213 g/mol. The molecule has 1 aromatic rings. The van der Waals surface area contributed by atoms with Gasteiger partial charge in [0.2, 0.25) is 0 Å². The largest absolute Gasteiger partial charge is 0.372 e. The highest BCUT2D eigenvalue weighted by atomic mass is 32.1. The zero-order chi connectivity index (χ0) is 9.80. The molecule has 1 saturated heterocycles. The van der Waals surface area contributed by atoms with Crippen LogP contribution in [-0.4, -0.2) is 28.8 Å². The van der Waals surface area contributed by atoms with E-state index in [1.165, 1.54) is 11.5 Å². The molecule has 0 atom stereocenters. The van der Waals surface area contributed by atoms with E-state index < -0.39 is 0 Å². The fourth-order valence-corrected chi connectivity index (χ4v) is 2.09. The summed E-state index contributed by atoms with van der Waals surface area (Å²) in [5, 5.41) is 7.27. The Morgan fingerprint density at radius 2 is 2.29 bits per heavy atom. The van der Waals surface area contributed by atoms with Crippen molar-refractivity contribution in [3.63, 3.8) is 0 Å². The lowest BCUT2D eigenvalue weighted by molar-refractivity contribution is 0.0223. The number of hydrogen-bond donors (Lipinski definition) is 1. The van der Waals surface area contributed by atoms with Gasteiger partial charge in [-0.2, -0.15) is 0 Å². The van der Waals surface area contributed by atoms with Gasteiger partial charge in [-0.15, -0.1) is 5.10 Å². The van der Waals surface area contributed by atoms with Crippen LogP contribution >= 0.6 is 11.5 Å². The molecule has 4 nitrogen and oxygen atoms in total. The molecule has 0 radical (unpaired) electrons. The van der Waals surface area contributed by atoms with Crippen molar-refractivity contribution < 1.29 is 4.74 Å². The first-order valence-electron chi connectivity index (χ1n) is 4.96. The zero-order valence-electron chi connectivity index (χ0n) is 8.32. The van der Waals surface area contributed by atoms with E-state index in [1.54, 1.807) is 0 Å². The summed E-state index contributed by atoms with van der Waals surface area (Å²) >= 11 is 1.44. The summed E-state index contributed by atoms with van der Waals surface area (Å²) in [5.41, 5.74) is 1.00. The summed E-state index contributed by atoms with van der Waals surface area (Å²) in [7, 11) is 0. The van der Waals surface area contributed by atoms with Crippen LogP contribution in [0.1, 0.15) is 23.4 Å². The fourth-order valence-electron chi connectivity index (χ4n) is 1.54. The smallest absolute Gasteiger partial charge is 0.0848 e. The molecular formula is C9H15N3OS. The Bertz CT molecular complexity index is 283. The molecule has 0 spiro atoms. The van der Waals surface area contributed by atoms with Crippen molar-refractivity contribution in [3.05, 3.63) is 10.6 Å². The molecule has 1 fully saturated rings. The first-order valence-corrected chi connectivity index (χ1v) is 5.74. The predicted octanol–water partition coefficient (Wildman–Crippen LogP) is 1.12. The summed E-state index contributed by atoms with van der Waals surface area (Å²) in [6.45, 7) is 4.80. The third-order valence-electron chi connectivity index (χ3n) is 2.48. The van der Waals surface area contributed by atoms with Gasteiger partial charge in [-0.1, -0.05) is 4.49 Å². The van der Waals surface area contributed by atoms with E-state index in [2.05, 4.69) is 14.9 Å². The Hall–Kier alpha value is -0.520. The molecule has 0 saturated carbocycles. The molecule has 2 rings (SSSR count). The van der Waals surface area contributed by atoms with E-state index in [4.69, 9.17) is 4.74 Å². The van der Waals surface area contributed by atoms with E-state index in [-0.39, 0.29) is 0 Å². The standard InChI is InChI=1S/C9H15N3OS/c1-7-9(14-12-11-7)6-13-8-2-4-10-5-3-8/h8,10H,2-6H2,1H3. The number of nitrogens with zero attached hydrogens (tertiary/aromatic N) is 2. The lowest BCUT2D eigenvalue weighted by Gasteiger charge is -2.22. The number of aryl methyl sites for hydroxylation is 1. The van der Waals surface area contributed by atoms with Crippen LogP contribution in [0.5, 0.6) is 0 Å². The molecule has 1 N–H and O–H groups in total. The minimum Gasteiger partial charge on any atom is -0.372 e. The topological polar surface area (TPSA) is 47.0 Å². The minimum atomic E-state index is 0.415. The Balaban J connectivity index is 1.79. The fraction of sp³-hybridized carbons (Fsp3) is 0.778. The summed E-state index contributed by atoms with van der Waals surface area (Å²) in [6, 6.07) is 0. The maximum absolute atomic E-state index is 5.80. The van der Waals surface area contributed by atoms with Crippen LogP contribution in [0.3, 0.4) is 0 Å². The first kappa shape index (κ1) is 10.0. The van der Waals surface area contributed by atoms with Gasteiger partial charge in [-0.25, -0.2) is 0 Å². The van der Waals surface area contributed by atoms with Crippen LogP contribution in [0, 0.1) is 6.92 Å². The second kappa shape index (κ2) is 4.82. The normalized spacial score (nSPS) is 18.6. The van der Waals surface area contributed by atoms with Gasteiger partial charge < -0.3 is 10.1 Å². The number of nitrogens with one attached hydrogen (secondary N) is 1. The zero-order valence-corrected chi connectivity index (χ0v) is 9.14. The molecule has 0 amide bonds. The first-order chi connectivity index (χ1) is 6.86. The Kier molecular flexibility index (Phi) is 3.44. The quantitative estimate of drug-likeness (QED) is 0.817. The molecule has 14 heavy (non-hydrogen) atoms. The van der Waals surface area contributed by atoms with E-state index in [1.807, 2.05) is 6.92 Å². The van der Waals surface area contributed by atoms with Crippen LogP contribution in [-0.2, 0) is 11.3 Å². The van der Waals surface area contributed by atoms with Gasteiger partial charge >= 0.3 is 0 Å². The van der Waals surface area contributed by atoms with Crippen molar-refractivity contribution >= 4 is 11.5 Å². The van der Waals surface area contributed by atoms with Crippen LogP contribution in [0.15, 0.2) is 0 Å². The van der Waals surface area contributed by atoms with Crippen molar-refractivity contribution in [2.24, 2.45) is 0 Å². The maximum atomic E-state index is 5.80. The number of piperidine rings is 1. The Labute approximate surface area is 87.8 Å². The van der Waals surface area contributed by atoms with Crippen molar-refractivity contribution in [1.29, 1.82) is 0 Å². The van der Waals surface area contributed by atoms with Crippen LogP contribution in [0.25, 0.3) is 0 Å². The molecule has 0 bridgehead atoms. The van der Waals surface area contributed by atoms with Crippen LogP contribution in [0.4, 0.5) is 0 Å². The average molecular weight is 213 g/mol. The molecule has 78 valence electrons. The van der Waals surface area contributed by atoms with E-state index in [9.17, 15) is 0 Å². The molecule has 0 aliphatic carbocycles. The summed E-state index contributed by atoms with van der Waals surface area (Å²) < 4.78 is 9.68. The molecular weight excluding hydrogens is 198 g/mol. The second-order valence-electron chi connectivity index (χ2n) is 3.54. The molecule has 2 heterocycles. The highest BCUT2D eigenvalue weighted by Crippen LogP contribution is 2.14. The maximum Gasteiger partial charge on any atom is 0.0848 e. The van der Waals surface area contributed by atoms with Gasteiger partial charge in [-0.05, 0) is 44.4 Å².